The molecule has 0 bridgehead atoms. The quantitative estimate of drug-likeness (QED) is 0.890. The van der Waals surface area contributed by atoms with Gasteiger partial charge in [-0.15, -0.1) is 0 Å². The highest BCUT2D eigenvalue weighted by Crippen LogP contribution is 2.19. The smallest absolute Gasteiger partial charge is 0.163 e. The standard InChI is InChI=1S/C15H18N4O/c16-13-8-14(17-9-11-6-7-20-10-11)19-15(18-13)12-4-2-1-3-5-12/h1-5,8,11H,6-7,9-10H2,(H3,16,17,18,19). The first-order chi connectivity index (χ1) is 9.81. The van der Waals surface area contributed by atoms with Crippen molar-refractivity contribution in [3.05, 3.63) is 36.4 Å². The summed E-state index contributed by atoms with van der Waals surface area (Å²) >= 11 is 0. The van der Waals surface area contributed by atoms with Crippen molar-refractivity contribution in [2.75, 3.05) is 30.8 Å². The first kappa shape index (κ1) is 12.9. The Morgan fingerprint density at radius 3 is 2.85 bits per heavy atom. The van der Waals surface area contributed by atoms with Crippen LogP contribution in [-0.2, 0) is 4.74 Å². The average molecular weight is 270 g/mol. The molecule has 3 rings (SSSR count). The maximum absolute atomic E-state index is 5.86. The minimum Gasteiger partial charge on any atom is -0.384 e. The molecule has 20 heavy (non-hydrogen) atoms. The molecule has 0 spiro atoms. The van der Waals surface area contributed by atoms with Gasteiger partial charge in [0.1, 0.15) is 11.6 Å². The third-order valence-corrected chi connectivity index (χ3v) is 3.37. The maximum Gasteiger partial charge on any atom is 0.163 e. The molecule has 1 aliphatic heterocycles. The lowest BCUT2D eigenvalue weighted by Crippen LogP contribution is -2.15. The molecular formula is C15H18N4O. The lowest BCUT2D eigenvalue weighted by Gasteiger charge is -2.11. The summed E-state index contributed by atoms with van der Waals surface area (Å²) in [6.45, 7) is 2.53. The fourth-order valence-corrected chi connectivity index (χ4v) is 2.27. The van der Waals surface area contributed by atoms with Crippen LogP contribution in [-0.4, -0.2) is 29.7 Å². The number of anilines is 2. The molecular weight excluding hydrogens is 252 g/mol. The van der Waals surface area contributed by atoms with Crippen LogP contribution in [0.1, 0.15) is 6.42 Å². The summed E-state index contributed by atoms with van der Waals surface area (Å²) in [6, 6.07) is 11.6. The molecule has 1 fully saturated rings. The summed E-state index contributed by atoms with van der Waals surface area (Å²) in [5.41, 5.74) is 6.83. The highest BCUT2D eigenvalue weighted by atomic mass is 16.5. The molecule has 0 aliphatic carbocycles. The zero-order valence-electron chi connectivity index (χ0n) is 11.2. The Balaban J connectivity index is 1.76. The Morgan fingerprint density at radius 2 is 2.10 bits per heavy atom. The topological polar surface area (TPSA) is 73.1 Å². The number of nitrogen functional groups attached to an aromatic ring is 1. The van der Waals surface area contributed by atoms with Crippen molar-refractivity contribution in [2.24, 2.45) is 5.92 Å². The normalized spacial score (nSPS) is 18.1. The van der Waals surface area contributed by atoms with Crippen molar-refractivity contribution in [1.82, 2.24) is 9.97 Å². The number of nitrogens with zero attached hydrogens (tertiary/aromatic N) is 2. The first-order valence-corrected chi connectivity index (χ1v) is 6.83. The van der Waals surface area contributed by atoms with E-state index in [1.165, 1.54) is 0 Å². The Labute approximate surface area is 118 Å². The van der Waals surface area contributed by atoms with E-state index in [4.69, 9.17) is 10.5 Å². The van der Waals surface area contributed by atoms with Gasteiger partial charge in [0.25, 0.3) is 0 Å². The average Bonchev–Trinajstić information content (AvgIpc) is 2.99. The van der Waals surface area contributed by atoms with E-state index in [0.29, 0.717) is 17.6 Å². The molecule has 5 nitrogen and oxygen atoms in total. The van der Waals surface area contributed by atoms with E-state index in [2.05, 4.69) is 15.3 Å². The Bertz CT molecular complexity index is 567. The third-order valence-electron chi connectivity index (χ3n) is 3.37. The summed E-state index contributed by atoms with van der Waals surface area (Å²) in [7, 11) is 0. The fraction of sp³-hybridized carbons (Fsp3) is 0.333. The van der Waals surface area contributed by atoms with Gasteiger partial charge in [0.15, 0.2) is 5.82 Å². The van der Waals surface area contributed by atoms with Crippen LogP contribution in [0, 0.1) is 5.92 Å². The van der Waals surface area contributed by atoms with Crippen LogP contribution >= 0.6 is 0 Å². The number of aromatic nitrogens is 2. The molecule has 1 aromatic heterocycles. The number of nitrogens with two attached hydrogens (primary N) is 1. The van der Waals surface area contributed by atoms with Crippen LogP contribution in [0.15, 0.2) is 36.4 Å². The Hall–Kier alpha value is -2.14. The van der Waals surface area contributed by atoms with Crippen molar-refractivity contribution >= 4 is 11.6 Å². The van der Waals surface area contributed by atoms with Crippen molar-refractivity contribution in [3.8, 4) is 11.4 Å². The predicted octanol–water partition coefficient (Wildman–Crippen LogP) is 2.17. The van der Waals surface area contributed by atoms with Gasteiger partial charge < -0.3 is 15.8 Å². The summed E-state index contributed by atoms with van der Waals surface area (Å²) in [5, 5.41) is 3.33. The zero-order valence-corrected chi connectivity index (χ0v) is 11.2. The molecule has 2 heterocycles. The van der Waals surface area contributed by atoms with E-state index in [0.717, 1.165) is 37.6 Å². The van der Waals surface area contributed by atoms with Gasteiger partial charge in [0, 0.05) is 30.7 Å². The van der Waals surface area contributed by atoms with Gasteiger partial charge >= 0.3 is 0 Å². The second-order valence-electron chi connectivity index (χ2n) is 4.98. The zero-order chi connectivity index (χ0) is 13.8. The van der Waals surface area contributed by atoms with Crippen LogP contribution < -0.4 is 11.1 Å². The molecule has 1 atom stereocenters. The van der Waals surface area contributed by atoms with Crippen LogP contribution in [0.4, 0.5) is 11.6 Å². The van der Waals surface area contributed by atoms with Gasteiger partial charge in [0.2, 0.25) is 0 Å². The van der Waals surface area contributed by atoms with Gasteiger partial charge in [-0.2, -0.15) is 0 Å². The number of ether oxygens (including phenoxy) is 1. The Kier molecular flexibility index (Phi) is 3.78. The van der Waals surface area contributed by atoms with Crippen molar-refractivity contribution < 1.29 is 4.74 Å². The molecule has 0 amide bonds. The highest BCUT2D eigenvalue weighted by Gasteiger charge is 2.15. The number of hydrogen-bond acceptors (Lipinski definition) is 5. The van der Waals surface area contributed by atoms with Crippen LogP contribution in [0.5, 0.6) is 0 Å². The lowest BCUT2D eigenvalue weighted by molar-refractivity contribution is 0.187. The number of hydrogen-bond donors (Lipinski definition) is 2. The maximum atomic E-state index is 5.86. The molecule has 0 saturated carbocycles. The van der Waals surface area contributed by atoms with Crippen molar-refractivity contribution in [1.29, 1.82) is 0 Å². The number of nitrogens with one attached hydrogen (secondary N) is 1. The summed E-state index contributed by atoms with van der Waals surface area (Å²) in [4.78, 5) is 8.81. The van der Waals surface area contributed by atoms with Gasteiger partial charge in [0.05, 0.1) is 6.61 Å². The minimum absolute atomic E-state index is 0.476. The SMILES string of the molecule is Nc1cc(NCC2CCOC2)nc(-c2ccccc2)n1. The summed E-state index contributed by atoms with van der Waals surface area (Å²) < 4.78 is 5.36. The van der Waals surface area contributed by atoms with Crippen molar-refractivity contribution in [3.63, 3.8) is 0 Å². The first-order valence-electron chi connectivity index (χ1n) is 6.83. The monoisotopic (exact) mass is 270 g/mol. The van der Waals surface area contributed by atoms with E-state index >= 15 is 0 Å². The molecule has 3 N–H and O–H groups in total. The van der Waals surface area contributed by atoms with Gasteiger partial charge in [-0.05, 0) is 6.42 Å². The third kappa shape index (κ3) is 3.05. The van der Waals surface area contributed by atoms with E-state index in [1.54, 1.807) is 6.07 Å². The molecule has 1 aliphatic rings. The van der Waals surface area contributed by atoms with Gasteiger partial charge in [-0.3, -0.25) is 0 Å². The molecule has 1 aromatic carbocycles. The molecule has 104 valence electrons. The Morgan fingerprint density at radius 1 is 1.25 bits per heavy atom. The van der Waals surface area contributed by atoms with Gasteiger partial charge in [-0.1, -0.05) is 30.3 Å². The molecule has 1 saturated heterocycles. The van der Waals surface area contributed by atoms with E-state index in [1.807, 2.05) is 30.3 Å². The second kappa shape index (κ2) is 5.88. The van der Waals surface area contributed by atoms with Crippen LogP contribution in [0.25, 0.3) is 11.4 Å². The minimum atomic E-state index is 0.476. The van der Waals surface area contributed by atoms with E-state index in [9.17, 15) is 0 Å². The molecule has 5 heteroatoms. The second-order valence-corrected chi connectivity index (χ2v) is 4.98. The van der Waals surface area contributed by atoms with E-state index in [-0.39, 0.29) is 0 Å². The largest absolute Gasteiger partial charge is 0.384 e. The van der Waals surface area contributed by atoms with Crippen LogP contribution in [0.3, 0.4) is 0 Å². The number of benzene rings is 1. The van der Waals surface area contributed by atoms with Gasteiger partial charge in [-0.25, -0.2) is 9.97 Å². The molecule has 1 unspecified atom stereocenters. The van der Waals surface area contributed by atoms with E-state index < -0.39 is 0 Å². The predicted molar refractivity (Wildman–Crippen MR) is 79.3 cm³/mol. The molecule has 2 aromatic rings. The summed E-state index contributed by atoms with van der Waals surface area (Å²) in [5.74, 6) is 2.44. The summed E-state index contributed by atoms with van der Waals surface area (Å²) in [6.07, 6.45) is 1.10. The number of rotatable bonds is 4. The van der Waals surface area contributed by atoms with Crippen LogP contribution in [0.2, 0.25) is 0 Å². The fourth-order valence-electron chi connectivity index (χ4n) is 2.27. The highest BCUT2D eigenvalue weighted by molar-refractivity contribution is 5.60. The molecule has 0 radical (unpaired) electrons. The lowest BCUT2D eigenvalue weighted by atomic mass is 10.1. The van der Waals surface area contributed by atoms with Crippen molar-refractivity contribution in [2.45, 2.75) is 6.42 Å².